The van der Waals surface area contributed by atoms with E-state index in [1.165, 1.54) is 13.2 Å². The Kier molecular flexibility index (Phi) is 2.70. The second-order valence-electron chi connectivity index (χ2n) is 2.52. The van der Waals surface area contributed by atoms with E-state index in [1.807, 2.05) is 6.07 Å². The minimum Gasteiger partial charge on any atom is -0.463 e. The molecule has 0 aliphatic rings. The molecule has 1 rings (SSSR count). The molecule has 1 aromatic heterocycles. The second kappa shape index (κ2) is 3.76. The number of nitrogens with zero attached hydrogens (tertiary/aromatic N) is 1. The van der Waals surface area contributed by atoms with Crippen molar-refractivity contribution in [3.05, 3.63) is 23.2 Å². The fraction of sp³-hybridized carbons (Fsp3) is 0.333. The average molecular weight is 179 g/mol. The molecule has 1 heterocycles. The van der Waals surface area contributed by atoms with Crippen LogP contribution >= 0.6 is 0 Å². The summed E-state index contributed by atoms with van der Waals surface area (Å²) in [6.07, 6.45) is 0.242. The van der Waals surface area contributed by atoms with Gasteiger partial charge in [0.05, 0.1) is 19.6 Å². The number of methoxy groups -OCH3 is 1. The van der Waals surface area contributed by atoms with Crippen LogP contribution < -0.4 is 0 Å². The third-order valence-corrected chi connectivity index (χ3v) is 1.68. The molecule has 1 aromatic rings. The predicted octanol–water partition coefficient (Wildman–Crippen LogP) is 1.44. The van der Waals surface area contributed by atoms with Crippen LogP contribution in [0.25, 0.3) is 0 Å². The lowest BCUT2D eigenvalue weighted by molar-refractivity contribution is 0.0563. The smallest absolute Gasteiger partial charge is 0.373 e. The zero-order valence-corrected chi connectivity index (χ0v) is 7.46. The van der Waals surface area contributed by atoms with Crippen LogP contribution in [0.15, 0.2) is 10.5 Å². The topological polar surface area (TPSA) is 63.2 Å². The van der Waals surface area contributed by atoms with Gasteiger partial charge in [-0.1, -0.05) is 0 Å². The lowest BCUT2D eigenvalue weighted by atomic mass is 10.2. The van der Waals surface area contributed by atoms with Crippen molar-refractivity contribution in [3.8, 4) is 6.07 Å². The summed E-state index contributed by atoms with van der Waals surface area (Å²) in [5, 5.41) is 8.44. The molecule has 0 amide bonds. The summed E-state index contributed by atoms with van der Waals surface area (Å²) in [6.45, 7) is 1.71. The van der Waals surface area contributed by atoms with E-state index in [2.05, 4.69) is 4.74 Å². The summed E-state index contributed by atoms with van der Waals surface area (Å²) in [6, 6.07) is 3.52. The first-order valence-corrected chi connectivity index (χ1v) is 3.73. The maximum Gasteiger partial charge on any atom is 0.373 e. The highest BCUT2D eigenvalue weighted by molar-refractivity contribution is 5.86. The van der Waals surface area contributed by atoms with Crippen molar-refractivity contribution in [2.45, 2.75) is 13.3 Å². The number of hydrogen-bond acceptors (Lipinski definition) is 4. The molecule has 0 fully saturated rings. The second-order valence-corrected chi connectivity index (χ2v) is 2.52. The summed E-state index contributed by atoms with van der Waals surface area (Å²) >= 11 is 0. The quantitative estimate of drug-likeness (QED) is 0.644. The van der Waals surface area contributed by atoms with Crippen molar-refractivity contribution < 1.29 is 13.9 Å². The van der Waals surface area contributed by atoms with E-state index in [1.54, 1.807) is 6.92 Å². The van der Waals surface area contributed by atoms with E-state index in [0.29, 0.717) is 5.76 Å². The number of furan rings is 1. The lowest BCUT2D eigenvalue weighted by Gasteiger charge is -1.90. The lowest BCUT2D eigenvalue weighted by Crippen LogP contribution is -1.98. The third-order valence-electron chi connectivity index (χ3n) is 1.68. The van der Waals surface area contributed by atoms with Crippen molar-refractivity contribution in [1.82, 2.24) is 0 Å². The Morgan fingerprint density at radius 3 is 3.00 bits per heavy atom. The van der Waals surface area contributed by atoms with Gasteiger partial charge in [0.15, 0.2) is 0 Å². The number of carbonyl (C=O) groups is 1. The monoisotopic (exact) mass is 179 g/mol. The molecule has 4 nitrogen and oxygen atoms in total. The number of rotatable bonds is 2. The fourth-order valence-corrected chi connectivity index (χ4v) is 0.982. The maximum absolute atomic E-state index is 11.0. The Morgan fingerprint density at radius 1 is 1.77 bits per heavy atom. The van der Waals surface area contributed by atoms with Crippen LogP contribution in [0, 0.1) is 18.3 Å². The summed E-state index contributed by atoms with van der Waals surface area (Å²) in [5.74, 6) is 0.208. The summed E-state index contributed by atoms with van der Waals surface area (Å²) in [4.78, 5) is 11.0. The molecule has 0 aromatic carbocycles. The SMILES string of the molecule is COC(=O)c1cc(CC#N)c(C)o1. The minimum absolute atomic E-state index is 0.144. The average Bonchev–Trinajstić information content (AvgIpc) is 2.47. The zero-order chi connectivity index (χ0) is 9.84. The minimum atomic E-state index is -0.521. The highest BCUT2D eigenvalue weighted by atomic mass is 16.5. The molecule has 0 bridgehead atoms. The van der Waals surface area contributed by atoms with Crippen molar-refractivity contribution in [2.24, 2.45) is 0 Å². The Bertz CT molecular complexity index is 359. The van der Waals surface area contributed by atoms with Crippen LogP contribution in [-0.2, 0) is 11.2 Å². The molecular formula is C9H9NO3. The van der Waals surface area contributed by atoms with Gasteiger partial charge >= 0.3 is 5.97 Å². The van der Waals surface area contributed by atoms with Gasteiger partial charge in [0.25, 0.3) is 0 Å². The van der Waals surface area contributed by atoms with Crippen molar-refractivity contribution in [3.63, 3.8) is 0 Å². The van der Waals surface area contributed by atoms with Crippen molar-refractivity contribution >= 4 is 5.97 Å². The maximum atomic E-state index is 11.0. The van der Waals surface area contributed by atoms with Gasteiger partial charge in [0.1, 0.15) is 5.76 Å². The van der Waals surface area contributed by atoms with Crippen LogP contribution in [0.1, 0.15) is 21.9 Å². The number of nitriles is 1. The summed E-state index contributed by atoms with van der Waals surface area (Å²) in [7, 11) is 1.28. The van der Waals surface area contributed by atoms with E-state index < -0.39 is 5.97 Å². The van der Waals surface area contributed by atoms with Crippen LogP contribution in [0.5, 0.6) is 0 Å². The van der Waals surface area contributed by atoms with Gasteiger partial charge in [-0.05, 0) is 13.0 Å². The zero-order valence-electron chi connectivity index (χ0n) is 7.46. The van der Waals surface area contributed by atoms with Crippen molar-refractivity contribution in [2.75, 3.05) is 7.11 Å². The number of carbonyl (C=O) groups excluding carboxylic acids is 1. The molecule has 0 unspecified atom stereocenters. The van der Waals surface area contributed by atoms with Gasteiger partial charge in [-0.25, -0.2) is 4.79 Å². The summed E-state index contributed by atoms with van der Waals surface area (Å²) in [5.41, 5.74) is 0.725. The molecule has 4 heteroatoms. The van der Waals surface area contributed by atoms with Gasteiger partial charge in [-0.3, -0.25) is 0 Å². The number of esters is 1. The van der Waals surface area contributed by atoms with Gasteiger partial charge < -0.3 is 9.15 Å². The molecule has 13 heavy (non-hydrogen) atoms. The van der Waals surface area contributed by atoms with E-state index in [4.69, 9.17) is 9.68 Å². The fourth-order valence-electron chi connectivity index (χ4n) is 0.982. The third kappa shape index (κ3) is 1.88. The normalized spacial score (nSPS) is 9.31. The molecule has 0 N–H and O–H groups in total. The van der Waals surface area contributed by atoms with E-state index in [-0.39, 0.29) is 12.2 Å². The van der Waals surface area contributed by atoms with E-state index >= 15 is 0 Å². The Labute approximate surface area is 75.7 Å². The van der Waals surface area contributed by atoms with Gasteiger partial charge in [0, 0.05) is 5.56 Å². The first-order chi connectivity index (χ1) is 6.19. The van der Waals surface area contributed by atoms with Gasteiger partial charge in [0.2, 0.25) is 5.76 Å². The molecule has 0 aliphatic heterocycles. The molecule has 0 saturated carbocycles. The first kappa shape index (κ1) is 9.33. The highest BCUT2D eigenvalue weighted by Gasteiger charge is 2.13. The van der Waals surface area contributed by atoms with Crippen LogP contribution in [0.4, 0.5) is 0 Å². The largest absolute Gasteiger partial charge is 0.463 e. The van der Waals surface area contributed by atoms with Crippen LogP contribution in [0.2, 0.25) is 0 Å². The molecular weight excluding hydrogens is 170 g/mol. The molecule has 0 saturated heterocycles. The van der Waals surface area contributed by atoms with Gasteiger partial charge in [-0.2, -0.15) is 5.26 Å². The number of hydrogen-bond donors (Lipinski definition) is 0. The van der Waals surface area contributed by atoms with Crippen LogP contribution in [0.3, 0.4) is 0 Å². The molecule has 0 spiro atoms. The van der Waals surface area contributed by atoms with Gasteiger partial charge in [-0.15, -0.1) is 0 Å². The molecule has 0 atom stereocenters. The van der Waals surface area contributed by atoms with Crippen molar-refractivity contribution in [1.29, 1.82) is 5.26 Å². The Hall–Kier alpha value is -1.76. The molecule has 68 valence electrons. The standard InChI is InChI=1S/C9H9NO3/c1-6-7(3-4-10)5-8(13-6)9(11)12-2/h5H,3H2,1-2H3. The number of aryl methyl sites for hydroxylation is 1. The van der Waals surface area contributed by atoms with E-state index in [9.17, 15) is 4.79 Å². The highest BCUT2D eigenvalue weighted by Crippen LogP contribution is 2.15. The molecule has 0 aliphatic carbocycles. The van der Waals surface area contributed by atoms with Crippen LogP contribution in [-0.4, -0.2) is 13.1 Å². The number of ether oxygens (including phenoxy) is 1. The van der Waals surface area contributed by atoms with E-state index in [0.717, 1.165) is 5.56 Å². The predicted molar refractivity (Wildman–Crippen MR) is 44.1 cm³/mol. The molecule has 0 radical (unpaired) electrons. The first-order valence-electron chi connectivity index (χ1n) is 3.73. The Balaban J connectivity index is 2.96. The Morgan fingerprint density at radius 2 is 2.46 bits per heavy atom. The summed E-state index contributed by atoms with van der Waals surface area (Å²) < 4.78 is 9.56.